The van der Waals surface area contributed by atoms with Gasteiger partial charge in [0.25, 0.3) is 0 Å². The fourth-order valence-corrected chi connectivity index (χ4v) is 7.21. The molecule has 2 aromatic heterocycles. The molecule has 5 heteroatoms. The monoisotopic (exact) mass is 621 g/mol. The highest BCUT2D eigenvalue weighted by atomic mass is 16.3. The van der Waals surface area contributed by atoms with E-state index in [9.17, 15) is 5.11 Å². The average Bonchev–Trinajstić information content (AvgIpc) is 3.59. The zero-order chi connectivity index (χ0) is 32.6. The molecule has 0 bridgehead atoms. The van der Waals surface area contributed by atoms with E-state index in [1.807, 2.05) is 85.8 Å². The lowest BCUT2D eigenvalue weighted by molar-refractivity contribution is 0.477. The fraction of sp³-hybridized carbons (Fsp3) is 0.0930. The van der Waals surface area contributed by atoms with Crippen molar-refractivity contribution >= 4 is 21.9 Å². The second-order valence-electron chi connectivity index (χ2n) is 13.1. The molecule has 5 nitrogen and oxygen atoms in total. The first-order valence-electron chi connectivity index (χ1n) is 16.2. The number of nitrogens with zero attached hydrogens (tertiary/aromatic N) is 3. The first-order chi connectivity index (χ1) is 23.3. The lowest BCUT2D eigenvalue weighted by atomic mass is 9.81. The first kappa shape index (κ1) is 28.2. The fourth-order valence-electron chi connectivity index (χ4n) is 7.21. The predicted molar refractivity (Wildman–Crippen MR) is 193 cm³/mol. The summed E-state index contributed by atoms with van der Waals surface area (Å²) in [6.07, 6.45) is 0. The Bertz CT molecular complexity index is 2570. The van der Waals surface area contributed by atoms with Crippen LogP contribution in [-0.4, -0.2) is 20.1 Å². The second kappa shape index (κ2) is 10.5. The van der Waals surface area contributed by atoms with Crippen LogP contribution >= 0.6 is 0 Å². The number of phenols is 1. The molecule has 2 heterocycles. The van der Waals surface area contributed by atoms with Gasteiger partial charge in [0.15, 0.2) is 17.5 Å². The molecule has 6 aromatic carbocycles. The number of aromatic nitrogens is 3. The van der Waals surface area contributed by atoms with Gasteiger partial charge in [-0.05, 0) is 82.8 Å². The molecule has 0 spiro atoms. The Labute approximate surface area is 278 Å². The van der Waals surface area contributed by atoms with Crippen molar-refractivity contribution in [1.82, 2.24) is 15.0 Å². The van der Waals surface area contributed by atoms with E-state index in [1.54, 1.807) is 6.07 Å². The third-order valence-electron chi connectivity index (χ3n) is 9.79. The van der Waals surface area contributed by atoms with Crippen molar-refractivity contribution in [2.24, 2.45) is 0 Å². The molecule has 0 atom stereocenters. The van der Waals surface area contributed by atoms with E-state index in [0.717, 1.165) is 55.3 Å². The van der Waals surface area contributed by atoms with Gasteiger partial charge in [0.2, 0.25) is 0 Å². The highest BCUT2D eigenvalue weighted by Crippen LogP contribution is 2.51. The van der Waals surface area contributed by atoms with Crippen LogP contribution in [-0.2, 0) is 5.41 Å². The Kier molecular flexibility index (Phi) is 6.15. The van der Waals surface area contributed by atoms with Gasteiger partial charge >= 0.3 is 0 Å². The summed E-state index contributed by atoms with van der Waals surface area (Å²) in [7, 11) is 0. The third kappa shape index (κ3) is 4.35. The Morgan fingerprint density at radius 2 is 1.15 bits per heavy atom. The van der Waals surface area contributed by atoms with Crippen molar-refractivity contribution in [3.63, 3.8) is 0 Å². The van der Waals surface area contributed by atoms with Crippen molar-refractivity contribution in [3.8, 4) is 62.2 Å². The molecular formula is C43H31N3O2. The van der Waals surface area contributed by atoms with Gasteiger partial charge in [-0.25, -0.2) is 15.0 Å². The maximum atomic E-state index is 10.9. The van der Waals surface area contributed by atoms with E-state index in [2.05, 4.69) is 56.3 Å². The van der Waals surface area contributed by atoms with E-state index in [1.165, 1.54) is 22.3 Å². The molecule has 1 N–H and O–H groups in total. The standard InChI is InChI=1S/C43H31N3O2/c1-25-11-7-8-14-29(25)33-21-27(18-20-37(33)47)41-44-40(26-12-5-4-6-13-26)45-42(46-41)28-17-19-30-32-24-39-34(31-15-9-10-16-38(31)48-39)23-36(32)43(2,3)35(30)22-28/h4-24,47H,1-3H3. The Hall–Kier alpha value is -6.07. The summed E-state index contributed by atoms with van der Waals surface area (Å²) in [6.45, 7) is 6.61. The lowest BCUT2D eigenvalue weighted by Crippen LogP contribution is -2.15. The number of para-hydroxylation sites is 1. The van der Waals surface area contributed by atoms with Gasteiger partial charge in [0.1, 0.15) is 16.9 Å². The lowest BCUT2D eigenvalue weighted by Gasteiger charge is -2.22. The molecule has 0 amide bonds. The van der Waals surface area contributed by atoms with E-state index >= 15 is 0 Å². The van der Waals surface area contributed by atoms with E-state index in [4.69, 9.17) is 19.4 Å². The Morgan fingerprint density at radius 1 is 0.500 bits per heavy atom. The smallest absolute Gasteiger partial charge is 0.164 e. The number of rotatable bonds is 4. The topological polar surface area (TPSA) is 72.0 Å². The van der Waals surface area contributed by atoms with Crippen molar-refractivity contribution in [2.75, 3.05) is 0 Å². The zero-order valence-electron chi connectivity index (χ0n) is 26.8. The summed E-state index contributed by atoms with van der Waals surface area (Å²) in [4.78, 5) is 15.0. The molecule has 0 saturated heterocycles. The van der Waals surface area contributed by atoms with Crippen LogP contribution in [0.2, 0.25) is 0 Å². The van der Waals surface area contributed by atoms with Gasteiger partial charge in [0.05, 0.1) is 0 Å². The van der Waals surface area contributed by atoms with Crippen LogP contribution in [0.1, 0.15) is 30.5 Å². The van der Waals surface area contributed by atoms with Gasteiger partial charge in [-0.3, -0.25) is 0 Å². The molecule has 230 valence electrons. The van der Waals surface area contributed by atoms with Crippen molar-refractivity contribution < 1.29 is 9.52 Å². The molecule has 9 rings (SSSR count). The van der Waals surface area contributed by atoms with Crippen LogP contribution < -0.4 is 0 Å². The van der Waals surface area contributed by atoms with Gasteiger partial charge in [-0.1, -0.05) is 98.8 Å². The summed E-state index contributed by atoms with van der Waals surface area (Å²) in [5, 5.41) is 13.2. The zero-order valence-corrected chi connectivity index (χ0v) is 26.8. The summed E-state index contributed by atoms with van der Waals surface area (Å²) in [5.41, 5.74) is 11.9. The number of phenolic OH excluding ortho intramolecular Hbond substituents is 1. The molecule has 1 aliphatic rings. The maximum absolute atomic E-state index is 10.9. The number of hydrogen-bond acceptors (Lipinski definition) is 5. The number of furan rings is 1. The van der Waals surface area contributed by atoms with E-state index in [0.29, 0.717) is 17.5 Å². The van der Waals surface area contributed by atoms with Crippen molar-refractivity contribution in [1.29, 1.82) is 0 Å². The molecule has 0 radical (unpaired) electrons. The van der Waals surface area contributed by atoms with Gasteiger partial charge in [0, 0.05) is 38.4 Å². The van der Waals surface area contributed by atoms with Gasteiger partial charge in [-0.2, -0.15) is 0 Å². The minimum atomic E-state index is -0.245. The Balaban J connectivity index is 1.20. The summed E-state index contributed by atoms with van der Waals surface area (Å²) < 4.78 is 6.27. The highest BCUT2D eigenvalue weighted by Gasteiger charge is 2.36. The first-order valence-corrected chi connectivity index (χ1v) is 16.2. The predicted octanol–water partition coefficient (Wildman–Crippen LogP) is 10.8. The summed E-state index contributed by atoms with van der Waals surface area (Å²) >= 11 is 0. The number of fused-ring (bicyclic) bond motifs is 6. The van der Waals surface area contributed by atoms with Crippen molar-refractivity contribution in [3.05, 3.63) is 144 Å². The number of aryl methyl sites for hydroxylation is 1. The van der Waals surface area contributed by atoms with Crippen LogP contribution in [0.3, 0.4) is 0 Å². The largest absolute Gasteiger partial charge is 0.507 e. The quantitative estimate of drug-likeness (QED) is 0.212. The summed E-state index contributed by atoms with van der Waals surface area (Å²) in [6, 6.07) is 42.9. The molecular weight excluding hydrogens is 590 g/mol. The molecule has 0 fully saturated rings. The highest BCUT2D eigenvalue weighted by molar-refractivity contribution is 6.07. The van der Waals surface area contributed by atoms with E-state index in [-0.39, 0.29) is 11.2 Å². The minimum absolute atomic E-state index is 0.214. The van der Waals surface area contributed by atoms with Gasteiger partial charge in [-0.15, -0.1) is 0 Å². The van der Waals surface area contributed by atoms with Crippen LogP contribution in [0, 0.1) is 6.92 Å². The third-order valence-corrected chi connectivity index (χ3v) is 9.79. The number of hydrogen-bond donors (Lipinski definition) is 1. The van der Waals surface area contributed by atoms with Crippen LogP contribution in [0.25, 0.3) is 78.4 Å². The molecule has 0 saturated carbocycles. The van der Waals surface area contributed by atoms with Crippen LogP contribution in [0.4, 0.5) is 0 Å². The average molecular weight is 622 g/mol. The molecule has 0 aliphatic heterocycles. The molecule has 48 heavy (non-hydrogen) atoms. The van der Waals surface area contributed by atoms with Crippen molar-refractivity contribution in [2.45, 2.75) is 26.2 Å². The SMILES string of the molecule is Cc1ccccc1-c1cc(-c2nc(-c3ccccc3)nc(-c3ccc4c(c3)C(C)(C)c3cc5c(cc3-4)oc3ccccc35)n2)ccc1O. The minimum Gasteiger partial charge on any atom is -0.507 e. The normalized spacial score (nSPS) is 13.1. The van der Waals surface area contributed by atoms with E-state index < -0.39 is 0 Å². The number of aromatic hydroxyl groups is 1. The molecule has 8 aromatic rings. The maximum Gasteiger partial charge on any atom is 0.164 e. The molecule has 1 aliphatic carbocycles. The number of benzene rings is 6. The van der Waals surface area contributed by atoms with Crippen LogP contribution in [0.15, 0.2) is 132 Å². The molecule has 0 unspecified atom stereocenters. The summed E-state index contributed by atoms with van der Waals surface area (Å²) in [5.74, 6) is 1.95. The Morgan fingerprint density at radius 3 is 1.94 bits per heavy atom. The van der Waals surface area contributed by atoms with Gasteiger partial charge < -0.3 is 9.52 Å². The second-order valence-corrected chi connectivity index (χ2v) is 13.1. The van der Waals surface area contributed by atoms with Crippen LogP contribution in [0.5, 0.6) is 5.75 Å².